The van der Waals surface area contributed by atoms with E-state index in [0.29, 0.717) is 28.8 Å². The third-order valence-electron chi connectivity index (χ3n) is 3.96. The van der Waals surface area contributed by atoms with Crippen molar-refractivity contribution < 1.29 is 22.2 Å². The van der Waals surface area contributed by atoms with Crippen molar-refractivity contribution in [2.45, 2.75) is 45.9 Å². The molecule has 7 nitrogen and oxygen atoms in total. The first-order valence-electron chi connectivity index (χ1n) is 9.30. The maximum Gasteiger partial charge on any atom is 0.297 e. The molecule has 0 radical (unpaired) electrons. The van der Waals surface area contributed by atoms with Crippen molar-refractivity contribution in [1.29, 1.82) is 0 Å². The molecule has 3 rings (SSSR count). The van der Waals surface area contributed by atoms with Crippen molar-refractivity contribution in [3.05, 3.63) is 46.8 Å². The molecule has 1 aromatic heterocycles. The molecule has 3 N–H and O–H groups in total. The van der Waals surface area contributed by atoms with Gasteiger partial charge in [0.1, 0.15) is 6.29 Å². The molecule has 0 saturated heterocycles. The second-order valence-electron chi connectivity index (χ2n) is 5.98. The van der Waals surface area contributed by atoms with E-state index in [4.69, 9.17) is 14.7 Å². The quantitative estimate of drug-likeness (QED) is 0.339. The van der Waals surface area contributed by atoms with Gasteiger partial charge in [-0.1, -0.05) is 13.8 Å². The second kappa shape index (κ2) is 10.7. The van der Waals surface area contributed by atoms with E-state index in [1.165, 1.54) is 26.0 Å². The highest BCUT2D eigenvalue weighted by Gasteiger charge is 2.29. The normalized spacial score (nSPS) is 14.4. The first-order chi connectivity index (χ1) is 13.7. The molecule has 29 heavy (non-hydrogen) atoms. The van der Waals surface area contributed by atoms with Crippen LogP contribution < -0.4 is 5.73 Å². The smallest absolute Gasteiger partial charge is 0.297 e. The molecule has 0 atom stereocenters. The zero-order valence-electron chi connectivity index (χ0n) is 17.4. The van der Waals surface area contributed by atoms with Crippen LogP contribution >= 0.6 is 0 Å². The number of carbonyl (C=O) groups is 2. The van der Waals surface area contributed by atoms with Crippen LogP contribution in [0, 0.1) is 6.92 Å². The lowest BCUT2D eigenvalue weighted by Gasteiger charge is -2.21. The number of aldehydes is 1. The summed E-state index contributed by atoms with van der Waals surface area (Å²) in [5.74, 6) is -0.189. The fourth-order valence-electron chi connectivity index (χ4n) is 2.88. The van der Waals surface area contributed by atoms with Gasteiger partial charge in [0, 0.05) is 28.2 Å². The van der Waals surface area contributed by atoms with Gasteiger partial charge in [0.2, 0.25) is 0 Å². The lowest BCUT2D eigenvalue weighted by Crippen LogP contribution is -2.20. The number of aromatic nitrogens is 1. The molecule has 0 aliphatic carbocycles. The summed E-state index contributed by atoms with van der Waals surface area (Å²) in [5, 5.41) is 0. The standard InChI is InChI=1S/C17H18N2O4S.C2H4O.C2H6/c1-10-3-4-12(19-10)9-14(11(2)20)17-13-7-8-23-24(21,22)16(13)6-5-15(17)18;1-2-3;1-2/h3-6,9,19H,7-8,18H2,1-2H3;2H,1H3;1-2H3/b14-9+;;. The SMILES string of the molecule is CC.CC(=O)/C(=C\c1ccc(C)[nH]1)c1c(N)ccc2c1CCOS2(=O)=O.CC=O. The van der Waals surface area contributed by atoms with Gasteiger partial charge in [0.25, 0.3) is 10.1 Å². The Kier molecular flexibility index (Phi) is 9.00. The summed E-state index contributed by atoms with van der Waals surface area (Å²) in [5.41, 5.74) is 9.56. The van der Waals surface area contributed by atoms with Gasteiger partial charge >= 0.3 is 0 Å². The van der Waals surface area contributed by atoms with E-state index in [9.17, 15) is 13.2 Å². The molecule has 0 fully saturated rings. The Morgan fingerprint density at radius 1 is 1.21 bits per heavy atom. The average Bonchev–Trinajstić information content (AvgIpc) is 3.07. The third kappa shape index (κ3) is 5.88. The number of Topliss-reactive ketones (excluding diaryl/α,β-unsaturated/α-hetero) is 1. The minimum Gasteiger partial charge on any atom is -0.398 e. The van der Waals surface area contributed by atoms with E-state index in [2.05, 4.69) is 4.98 Å². The Morgan fingerprint density at radius 2 is 1.83 bits per heavy atom. The molecule has 158 valence electrons. The van der Waals surface area contributed by atoms with Gasteiger partial charge in [-0.05, 0) is 63.1 Å². The van der Waals surface area contributed by atoms with E-state index in [-0.39, 0.29) is 17.3 Å². The second-order valence-corrected chi connectivity index (χ2v) is 7.56. The molecule has 0 unspecified atom stereocenters. The highest BCUT2D eigenvalue weighted by molar-refractivity contribution is 7.86. The summed E-state index contributed by atoms with van der Waals surface area (Å²) >= 11 is 0. The van der Waals surface area contributed by atoms with Gasteiger partial charge in [0.05, 0.1) is 11.5 Å². The summed E-state index contributed by atoms with van der Waals surface area (Å²) in [4.78, 5) is 24.3. The maximum absolute atomic E-state index is 12.2. The molecule has 0 saturated carbocycles. The molecule has 2 heterocycles. The fourth-order valence-corrected chi connectivity index (χ4v) is 4.05. The third-order valence-corrected chi connectivity index (χ3v) is 5.36. The number of H-pyrrole nitrogens is 1. The average molecular weight is 421 g/mol. The number of allylic oxidation sites excluding steroid dienone is 1. The molecule has 1 aliphatic rings. The molecule has 0 bridgehead atoms. The van der Waals surface area contributed by atoms with Gasteiger partial charge in [0.15, 0.2) is 5.78 Å². The van der Waals surface area contributed by atoms with Crippen LogP contribution in [0.1, 0.15) is 50.2 Å². The summed E-state index contributed by atoms with van der Waals surface area (Å²) in [6.07, 6.45) is 2.83. The van der Waals surface area contributed by atoms with Gasteiger partial charge in [-0.15, -0.1) is 0 Å². The zero-order chi connectivity index (χ0) is 22.2. The van der Waals surface area contributed by atoms with Crippen LogP contribution in [0.3, 0.4) is 0 Å². The Labute approximate surface area is 172 Å². The van der Waals surface area contributed by atoms with E-state index in [1.807, 2.05) is 32.9 Å². The number of benzene rings is 1. The molecule has 1 aliphatic heterocycles. The summed E-state index contributed by atoms with van der Waals surface area (Å²) in [6, 6.07) is 6.67. The summed E-state index contributed by atoms with van der Waals surface area (Å²) < 4.78 is 29.1. The summed E-state index contributed by atoms with van der Waals surface area (Å²) in [6.45, 7) is 8.83. The van der Waals surface area contributed by atoms with Gasteiger partial charge in [-0.3, -0.25) is 8.98 Å². The van der Waals surface area contributed by atoms with E-state index >= 15 is 0 Å². The Balaban J connectivity index is 0.000000771. The number of rotatable bonds is 3. The molecule has 0 spiro atoms. The van der Waals surface area contributed by atoms with E-state index < -0.39 is 10.1 Å². The monoisotopic (exact) mass is 420 g/mol. The minimum absolute atomic E-state index is 0.0403. The predicted molar refractivity (Wildman–Crippen MR) is 115 cm³/mol. The van der Waals surface area contributed by atoms with Crippen molar-refractivity contribution in [3.63, 3.8) is 0 Å². The van der Waals surface area contributed by atoms with Crippen LogP contribution in [0.25, 0.3) is 11.6 Å². The highest BCUT2D eigenvalue weighted by Crippen LogP contribution is 2.35. The number of hydrogen-bond donors (Lipinski definition) is 2. The van der Waals surface area contributed by atoms with Crippen molar-refractivity contribution >= 4 is 39.5 Å². The summed E-state index contributed by atoms with van der Waals surface area (Å²) in [7, 11) is -3.81. The lowest BCUT2D eigenvalue weighted by molar-refractivity contribution is -0.111. The number of ketones is 1. The number of nitrogens with two attached hydrogens (primary N) is 1. The van der Waals surface area contributed by atoms with Crippen molar-refractivity contribution in [2.75, 3.05) is 12.3 Å². The Hall–Kier alpha value is -2.71. The number of nitrogens with one attached hydrogen (secondary N) is 1. The molecular weight excluding hydrogens is 392 g/mol. The lowest BCUT2D eigenvalue weighted by atomic mass is 9.93. The van der Waals surface area contributed by atoms with Gasteiger partial charge < -0.3 is 15.5 Å². The minimum atomic E-state index is -3.81. The first-order valence-corrected chi connectivity index (χ1v) is 10.7. The number of aromatic amines is 1. The zero-order valence-corrected chi connectivity index (χ0v) is 18.2. The van der Waals surface area contributed by atoms with Crippen LogP contribution in [0.15, 0.2) is 29.2 Å². The van der Waals surface area contributed by atoms with Crippen molar-refractivity contribution in [2.24, 2.45) is 0 Å². The molecule has 8 heteroatoms. The van der Waals surface area contributed by atoms with Gasteiger partial charge in [-0.25, -0.2) is 0 Å². The van der Waals surface area contributed by atoms with Crippen LogP contribution in [-0.2, 0) is 30.3 Å². The fraction of sp³-hybridized carbons (Fsp3) is 0.333. The molecule has 1 aromatic carbocycles. The van der Waals surface area contributed by atoms with Crippen LogP contribution in [0.5, 0.6) is 0 Å². The molecular formula is C21H28N2O5S. The predicted octanol–water partition coefficient (Wildman–Crippen LogP) is 3.53. The molecule has 0 amide bonds. The Bertz CT molecular complexity index is 1000. The van der Waals surface area contributed by atoms with E-state index in [1.54, 1.807) is 6.08 Å². The van der Waals surface area contributed by atoms with Crippen LogP contribution in [-0.4, -0.2) is 32.1 Å². The number of fused-ring (bicyclic) bond motifs is 1. The highest BCUT2D eigenvalue weighted by atomic mass is 32.2. The van der Waals surface area contributed by atoms with E-state index in [0.717, 1.165) is 17.7 Å². The number of nitrogen functional groups attached to an aromatic ring is 1. The van der Waals surface area contributed by atoms with Crippen LogP contribution in [0.2, 0.25) is 0 Å². The van der Waals surface area contributed by atoms with Crippen molar-refractivity contribution in [3.8, 4) is 0 Å². The topological polar surface area (TPSA) is 119 Å². The van der Waals surface area contributed by atoms with Crippen molar-refractivity contribution in [1.82, 2.24) is 4.98 Å². The number of hydrogen-bond acceptors (Lipinski definition) is 6. The van der Waals surface area contributed by atoms with Crippen LogP contribution in [0.4, 0.5) is 5.69 Å². The first kappa shape index (κ1) is 24.3. The number of aryl methyl sites for hydroxylation is 1. The number of anilines is 1. The largest absolute Gasteiger partial charge is 0.398 e. The number of carbonyl (C=O) groups excluding carboxylic acids is 2. The maximum atomic E-state index is 12.2. The molecule has 2 aromatic rings. The van der Waals surface area contributed by atoms with Gasteiger partial charge in [-0.2, -0.15) is 8.42 Å². The Morgan fingerprint density at radius 3 is 2.34 bits per heavy atom.